The number of hydrogen-bond donors (Lipinski definition) is 0. The van der Waals surface area contributed by atoms with Crippen LogP contribution in [0.5, 0.6) is 0 Å². The Bertz CT molecular complexity index is 677. The fourth-order valence-electron chi connectivity index (χ4n) is 2.48. The molecule has 3 aromatic rings. The zero-order chi connectivity index (χ0) is 12.5. The molecule has 3 aromatic carbocycles. The summed E-state index contributed by atoms with van der Waals surface area (Å²) in [6, 6.07) is 21.9. The van der Waals surface area contributed by atoms with E-state index in [9.17, 15) is 0 Å². The molecule has 0 fully saturated rings. The van der Waals surface area contributed by atoms with Crippen molar-refractivity contribution in [2.24, 2.45) is 0 Å². The van der Waals surface area contributed by atoms with Crippen LogP contribution < -0.4 is 0 Å². The van der Waals surface area contributed by atoms with Gasteiger partial charge in [-0.3, -0.25) is 0 Å². The summed E-state index contributed by atoms with van der Waals surface area (Å²) >= 11 is 0. The molecule has 0 radical (unpaired) electrons. The molecule has 0 aliphatic carbocycles. The molecule has 0 saturated carbocycles. The minimum Gasteiger partial charge on any atom is -0.358 e. The maximum atomic E-state index is 2.31. The molecular formula is C20H23Hf-3. The Kier molecular flexibility index (Phi) is 7.95. The van der Waals surface area contributed by atoms with Gasteiger partial charge in [0.15, 0.2) is 0 Å². The van der Waals surface area contributed by atoms with Crippen molar-refractivity contribution in [1.82, 2.24) is 0 Å². The summed E-state index contributed by atoms with van der Waals surface area (Å²) in [6.45, 7) is 4.48. The zero-order valence-corrected chi connectivity index (χ0v) is 16.9. The van der Waals surface area contributed by atoms with Gasteiger partial charge in [-0.2, -0.15) is 12.1 Å². The van der Waals surface area contributed by atoms with Crippen LogP contribution in [-0.4, -0.2) is 0 Å². The first-order chi connectivity index (χ1) is 8.75. The van der Waals surface area contributed by atoms with E-state index in [4.69, 9.17) is 0 Å². The summed E-state index contributed by atoms with van der Waals surface area (Å²) < 4.78 is 0. The van der Waals surface area contributed by atoms with Gasteiger partial charge in [0, 0.05) is 25.8 Å². The van der Waals surface area contributed by atoms with Gasteiger partial charge >= 0.3 is 0 Å². The normalized spacial score (nSPS) is 9.67. The predicted molar refractivity (Wildman–Crippen MR) is 91.9 cm³/mol. The number of rotatable bonds is 2. The number of hydrogen-bond acceptors (Lipinski definition) is 0. The molecule has 110 valence electrons. The van der Waals surface area contributed by atoms with Gasteiger partial charge in [-0.05, 0) is 17.0 Å². The van der Waals surface area contributed by atoms with E-state index in [-0.39, 0.29) is 40.7 Å². The van der Waals surface area contributed by atoms with Crippen molar-refractivity contribution in [3.05, 3.63) is 81.1 Å². The molecule has 0 bridgehead atoms. The SMILES string of the molecule is CC(C)c1cccc(-c2cccc3[cH-]ccc23)c1.[CH3-].[CH3-].[Hf]. The predicted octanol–water partition coefficient (Wildman–Crippen LogP) is 6.25. The largest absolute Gasteiger partial charge is 0.358 e. The monoisotopic (exact) mass is 443 g/mol. The van der Waals surface area contributed by atoms with Crippen molar-refractivity contribution < 1.29 is 25.8 Å². The van der Waals surface area contributed by atoms with Crippen molar-refractivity contribution >= 4 is 10.8 Å². The number of fused-ring (bicyclic) bond motifs is 1. The molecule has 0 amide bonds. The maximum Gasteiger partial charge on any atom is 0 e. The van der Waals surface area contributed by atoms with Gasteiger partial charge in [-0.25, -0.2) is 0 Å². The third-order valence-electron chi connectivity index (χ3n) is 3.54. The van der Waals surface area contributed by atoms with Crippen LogP contribution in [0.4, 0.5) is 0 Å². The Labute approximate surface area is 148 Å². The summed E-state index contributed by atoms with van der Waals surface area (Å²) in [5, 5.41) is 2.67. The van der Waals surface area contributed by atoms with Crippen LogP contribution in [0.1, 0.15) is 25.3 Å². The van der Waals surface area contributed by atoms with E-state index in [0.29, 0.717) is 5.92 Å². The average molecular weight is 442 g/mol. The van der Waals surface area contributed by atoms with Crippen LogP contribution in [-0.2, 0) is 25.8 Å². The Morgan fingerprint density at radius 2 is 1.62 bits per heavy atom. The quantitative estimate of drug-likeness (QED) is 0.326. The molecule has 0 heterocycles. The van der Waals surface area contributed by atoms with E-state index in [1.807, 2.05) is 0 Å². The minimum absolute atomic E-state index is 0. The molecule has 0 aromatic heterocycles. The van der Waals surface area contributed by atoms with Crippen molar-refractivity contribution in [2.45, 2.75) is 19.8 Å². The second-order valence-corrected chi connectivity index (χ2v) is 5.11. The Morgan fingerprint density at radius 3 is 2.33 bits per heavy atom. The van der Waals surface area contributed by atoms with Crippen LogP contribution in [0.2, 0.25) is 0 Å². The molecule has 21 heavy (non-hydrogen) atoms. The fraction of sp³-hybridized carbons (Fsp3) is 0.150. The molecule has 0 nitrogen and oxygen atoms in total. The van der Waals surface area contributed by atoms with Crippen LogP contribution >= 0.6 is 0 Å². The average Bonchev–Trinajstić information content (AvgIpc) is 2.87. The van der Waals surface area contributed by atoms with E-state index in [0.717, 1.165) is 0 Å². The Balaban J connectivity index is 0.00000133. The molecule has 3 rings (SSSR count). The first-order valence-corrected chi connectivity index (χ1v) is 6.50. The minimum atomic E-state index is 0. The summed E-state index contributed by atoms with van der Waals surface area (Å²) in [5.41, 5.74) is 4.05. The van der Waals surface area contributed by atoms with Gasteiger partial charge in [-0.1, -0.05) is 49.7 Å². The van der Waals surface area contributed by atoms with Crippen LogP contribution in [0, 0.1) is 14.9 Å². The molecule has 0 atom stereocenters. The van der Waals surface area contributed by atoms with Gasteiger partial charge in [0.05, 0.1) is 0 Å². The topological polar surface area (TPSA) is 0 Å². The smallest absolute Gasteiger partial charge is 0 e. The van der Waals surface area contributed by atoms with E-state index in [2.05, 4.69) is 74.5 Å². The van der Waals surface area contributed by atoms with Crippen LogP contribution in [0.3, 0.4) is 0 Å². The summed E-state index contributed by atoms with van der Waals surface area (Å²) in [6.07, 6.45) is 0. The van der Waals surface area contributed by atoms with Gasteiger partial charge in [0.1, 0.15) is 0 Å². The first-order valence-electron chi connectivity index (χ1n) is 6.50. The Hall–Kier alpha value is -1.08. The van der Waals surface area contributed by atoms with E-state index >= 15 is 0 Å². The van der Waals surface area contributed by atoms with E-state index in [1.165, 1.54) is 27.5 Å². The Morgan fingerprint density at radius 1 is 0.905 bits per heavy atom. The summed E-state index contributed by atoms with van der Waals surface area (Å²) in [5.74, 6) is 0.573. The van der Waals surface area contributed by atoms with Crippen molar-refractivity contribution in [1.29, 1.82) is 0 Å². The zero-order valence-electron chi connectivity index (χ0n) is 13.4. The van der Waals surface area contributed by atoms with Crippen LogP contribution in [0.25, 0.3) is 21.9 Å². The molecule has 1 heteroatoms. The van der Waals surface area contributed by atoms with Gasteiger partial charge < -0.3 is 14.9 Å². The van der Waals surface area contributed by atoms with Crippen molar-refractivity contribution in [3.8, 4) is 11.1 Å². The number of benzene rings is 2. The summed E-state index contributed by atoms with van der Waals surface area (Å²) in [7, 11) is 0. The van der Waals surface area contributed by atoms with E-state index in [1.54, 1.807) is 0 Å². The van der Waals surface area contributed by atoms with Crippen molar-refractivity contribution in [2.75, 3.05) is 0 Å². The molecule has 0 aliphatic heterocycles. The van der Waals surface area contributed by atoms with Gasteiger partial charge in [-0.15, -0.1) is 29.0 Å². The third-order valence-corrected chi connectivity index (χ3v) is 3.54. The van der Waals surface area contributed by atoms with Crippen LogP contribution in [0.15, 0.2) is 60.7 Å². The van der Waals surface area contributed by atoms with E-state index < -0.39 is 0 Å². The second kappa shape index (κ2) is 8.38. The molecular weight excluding hydrogens is 419 g/mol. The van der Waals surface area contributed by atoms with Gasteiger partial charge in [0.25, 0.3) is 0 Å². The standard InChI is InChI=1S/C18H17.2CH3.Hf/c1-13(2)15-8-3-9-16(12-15)18-11-5-7-14-6-4-10-17(14)18;;;/h3-13H,1-2H3;2*1H3;/q3*-1;. The fourth-order valence-corrected chi connectivity index (χ4v) is 2.48. The third kappa shape index (κ3) is 3.97. The molecule has 0 saturated heterocycles. The maximum absolute atomic E-state index is 2.31. The van der Waals surface area contributed by atoms with Gasteiger partial charge in [0.2, 0.25) is 0 Å². The second-order valence-electron chi connectivity index (χ2n) is 5.11. The first kappa shape index (κ1) is 19.9. The molecule has 0 spiro atoms. The van der Waals surface area contributed by atoms with Crippen molar-refractivity contribution in [3.63, 3.8) is 0 Å². The molecule has 0 aliphatic rings. The summed E-state index contributed by atoms with van der Waals surface area (Å²) in [4.78, 5) is 0. The molecule has 0 N–H and O–H groups in total. The molecule has 0 unspecified atom stereocenters.